The number of carboxylic acids is 1. The van der Waals surface area contributed by atoms with Crippen molar-refractivity contribution in [3.05, 3.63) is 54.9 Å². The number of benzene rings is 1. The molecule has 0 radical (unpaired) electrons. The van der Waals surface area contributed by atoms with Crippen LogP contribution in [0.15, 0.2) is 54.9 Å². The summed E-state index contributed by atoms with van der Waals surface area (Å²) in [6.45, 7) is 2.23. The van der Waals surface area contributed by atoms with Crippen molar-refractivity contribution in [3.8, 4) is 0 Å². The van der Waals surface area contributed by atoms with Crippen molar-refractivity contribution in [1.82, 2.24) is 15.3 Å². The second-order valence-electron chi connectivity index (χ2n) is 5.91. The van der Waals surface area contributed by atoms with E-state index in [1.54, 1.807) is 41.6 Å². The SMILES string of the molecule is Cl.O=C(O)CN(NC(=O)N1CCN(c2ccncc2)CC1)c1ccccc1. The van der Waals surface area contributed by atoms with Crippen molar-refractivity contribution in [3.63, 3.8) is 0 Å². The number of halogens is 1. The van der Waals surface area contributed by atoms with Crippen molar-refractivity contribution < 1.29 is 14.7 Å². The fourth-order valence-electron chi connectivity index (χ4n) is 2.85. The molecule has 0 aliphatic carbocycles. The van der Waals surface area contributed by atoms with Crippen molar-refractivity contribution in [2.75, 3.05) is 42.6 Å². The standard InChI is InChI=1S/C18H21N5O3.ClH/c24-17(25)14-23(16-4-2-1-3-5-16)20-18(26)22-12-10-21(11-13-22)15-6-8-19-9-7-15;/h1-9H,10-14H2,(H,20,26)(H,24,25);1H. The molecule has 3 rings (SSSR count). The molecule has 2 aromatic rings. The molecule has 1 aliphatic rings. The second kappa shape index (κ2) is 9.63. The highest BCUT2D eigenvalue weighted by Crippen LogP contribution is 2.15. The summed E-state index contributed by atoms with van der Waals surface area (Å²) >= 11 is 0. The molecule has 9 heteroatoms. The number of carbonyl (C=O) groups excluding carboxylic acids is 1. The Bertz CT molecular complexity index is 739. The molecule has 2 amide bonds. The van der Waals surface area contributed by atoms with Crippen molar-refractivity contribution in [1.29, 1.82) is 0 Å². The van der Waals surface area contributed by atoms with Gasteiger partial charge in [-0.25, -0.2) is 10.2 Å². The van der Waals surface area contributed by atoms with Gasteiger partial charge in [0, 0.05) is 44.3 Å². The summed E-state index contributed by atoms with van der Waals surface area (Å²) in [4.78, 5) is 31.6. The maximum absolute atomic E-state index is 12.6. The smallest absolute Gasteiger partial charge is 0.336 e. The predicted octanol–water partition coefficient (Wildman–Crippen LogP) is 1.84. The minimum Gasteiger partial charge on any atom is -0.480 e. The number of carbonyl (C=O) groups is 2. The van der Waals surface area contributed by atoms with E-state index in [4.69, 9.17) is 5.11 Å². The summed E-state index contributed by atoms with van der Waals surface area (Å²) in [5.74, 6) is -1.02. The van der Waals surface area contributed by atoms with Gasteiger partial charge in [0.2, 0.25) is 0 Å². The molecule has 0 saturated carbocycles. The lowest BCUT2D eigenvalue weighted by molar-refractivity contribution is -0.135. The number of anilines is 2. The maximum Gasteiger partial charge on any atom is 0.336 e. The van der Waals surface area contributed by atoms with Crippen LogP contribution in [0.2, 0.25) is 0 Å². The maximum atomic E-state index is 12.6. The Labute approximate surface area is 163 Å². The molecule has 1 aromatic heterocycles. The lowest BCUT2D eigenvalue weighted by Gasteiger charge is -2.37. The first kappa shape index (κ1) is 20.3. The number of para-hydroxylation sites is 1. The van der Waals surface area contributed by atoms with E-state index in [2.05, 4.69) is 15.3 Å². The molecule has 0 atom stereocenters. The van der Waals surface area contributed by atoms with E-state index >= 15 is 0 Å². The van der Waals surface area contributed by atoms with E-state index in [-0.39, 0.29) is 25.0 Å². The highest BCUT2D eigenvalue weighted by Gasteiger charge is 2.23. The van der Waals surface area contributed by atoms with E-state index in [1.807, 2.05) is 18.2 Å². The summed E-state index contributed by atoms with van der Waals surface area (Å²) in [5, 5.41) is 10.5. The number of rotatable bonds is 5. The molecule has 2 heterocycles. The van der Waals surface area contributed by atoms with Gasteiger partial charge in [-0.1, -0.05) is 18.2 Å². The van der Waals surface area contributed by atoms with Crippen molar-refractivity contribution in [2.45, 2.75) is 0 Å². The number of hydrazine groups is 1. The van der Waals surface area contributed by atoms with Gasteiger partial charge >= 0.3 is 12.0 Å². The average molecular weight is 392 g/mol. The Morgan fingerprint density at radius 1 is 1.04 bits per heavy atom. The molecule has 1 aromatic carbocycles. The molecule has 2 N–H and O–H groups in total. The fraction of sp³-hybridized carbons (Fsp3) is 0.278. The van der Waals surface area contributed by atoms with Crippen molar-refractivity contribution in [2.24, 2.45) is 0 Å². The zero-order valence-corrected chi connectivity index (χ0v) is 15.5. The van der Waals surface area contributed by atoms with Crippen LogP contribution in [-0.4, -0.2) is 59.7 Å². The summed E-state index contributed by atoms with van der Waals surface area (Å²) in [6.07, 6.45) is 3.50. The summed E-state index contributed by atoms with van der Waals surface area (Å²) < 4.78 is 0. The number of urea groups is 1. The van der Waals surface area contributed by atoms with E-state index in [0.717, 1.165) is 5.69 Å². The Morgan fingerprint density at radius 3 is 2.26 bits per heavy atom. The van der Waals surface area contributed by atoms with Crippen LogP contribution < -0.4 is 15.3 Å². The summed E-state index contributed by atoms with van der Waals surface area (Å²) in [5.41, 5.74) is 4.40. The highest BCUT2D eigenvalue weighted by molar-refractivity contribution is 5.85. The minimum atomic E-state index is -1.02. The molecular weight excluding hydrogens is 370 g/mol. The third-order valence-electron chi connectivity index (χ3n) is 4.19. The molecule has 1 aliphatic heterocycles. The number of nitrogens with one attached hydrogen (secondary N) is 1. The zero-order valence-electron chi connectivity index (χ0n) is 14.7. The third-order valence-corrected chi connectivity index (χ3v) is 4.19. The topological polar surface area (TPSA) is 89.0 Å². The van der Waals surface area contributed by atoms with E-state index in [9.17, 15) is 9.59 Å². The number of pyridine rings is 1. The molecule has 0 bridgehead atoms. The van der Waals surface area contributed by atoms with Crippen molar-refractivity contribution >= 4 is 35.8 Å². The van der Waals surface area contributed by atoms with Crippen LogP contribution in [0, 0.1) is 0 Å². The molecule has 0 spiro atoms. The van der Waals surface area contributed by atoms with Gasteiger partial charge in [0.1, 0.15) is 6.54 Å². The van der Waals surface area contributed by atoms with Gasteiger partial charge in [0.05, 0.1) is 5.69 Å². The van der Waals surface area contributed by atoms with Crippen LogP contribution in [-0.2, 0) is 4.79 Å². The quantitative estimate of drug-likeness (QED) is 0.756. The van der Waals surface area contributed by atoms with Crippen LogP contribution >= 0.6 is 12.4 Å². The van der Waals surface area contributed by atoms with Gasteiger partial charge in [0.15, 0.2) is 0 Å². The lowest BCUT2D eigenvalue weighted by Crippen LogP contribution is -2.56. The molecular formula is C18H22ClN5O3. The van der Waals surface area contributed by atoms with E-state index in [0.29, 0.717) is 31.9 Å². The number of hydrogen-bond acceptors (Lipinski definition) is 5. The fourth-order valence-corrected chi connectivity index (χ4v) is 2.85. The summed E-state index contributed by atoms with van der Waals surface area (Å²) in [7, 11) is 0. The number of carboxylic acid groups (broad SMARTS) is 1. The lowest BCUT2D eigenvalue weighted by atomic mass is 10.3. The van der Waals surface area contributed by atoms with Gasteiger partial charge in [-0.05, 0) is 24.3 Å². The van der Waals surface area contributed by atoms with Gasteiger partial charge in [0.25, 0.3) is 0 Å². The van der Waals surface area contributed by atoms with Gasteiger partial charge < -0.3 is 14.9 Å². The van der Waals surface area contributed by atoms with Crippen LogP contribution in [0.5, 0.6) is 0 Å². The Kier molecular flexibility index (Phi) is 7.25. The second-order valence-corrected chi connectivity index (χ2v) is 5.91. The number of amides is 2. The normalized spacial score (nSPS) is 13.5. The third kappa shape index (κ3) is 5.49. The van der Waals surface area contributed by atoms with Crippen LogP contribution in [0.4, 0.5) is 16.2 Å². The monoisotopic (exact) mass is 391 g/mol. The number of aromatic nitrogens is 1. The zero-order chi connectivity index (χ0) is 18.4. The molecule has 27 heavy (non-hydrogen) atoms. The molecule has 1 fully saturated rings. The van der Waals surface area contributed by atoms with Crippen LogP contribution in [0.1, 0.15) is 0 Å². The Morgan fingerprint density at radius 2 is 1.67 bits per heavy atom. The van der Waals surface area contributed by atoms with E-state index in [1.165, 1.54) is 5.01 Å². The predicted molar refractivity (Wildman–Crippen MR) is 105 cm³/mol. The molecule has 1 saturated heterocycles. The molecule has 144 valence electrons. The summed E-state index contributed by atoms with van der Waals surface area (Å²) in [6, 6.07) is 12.5. The van der Waals surface area contributed by atoms with Crippen LogP contribution in [0.25, 0.3) is 0 Å². The highest BCUT2D eigenvalue weighted by atomic mass is 35.5. The van der Waals surface area contributed by atoms with Gasteiger partial charge in [-0.15, -0.1) is 12.4 Å². The average Bonchev–Trinajstić information content (AvgIpc) is 2.68. The number of aliphatic carboxylic acids is 1. The van der Waals surface area contributed by atoms with Gasteiger partial charge in [-0.3, -0.25) is 14.8 Å². The number of nitrogens with zero attached hydrogens (tertiary/aromatic N) is 4. The Hall–Kier alpha value is -3.00. The first-order valence-electron chi connectivity index (χ1n) is 8.38. The van der Waals surface area contributed by atoms with Gasteiger partial charge in [-0.2, -0.15) is 0 Å². The number of piperazine rings is 1. The van der Waals surface area contributed by atoms with Crippen LogP contribution in [0.3, 0.4) is 0 Å². The van der Waals surface area contributed by atoms with E-state index < -0.39 is 5.97 Å². The molecule has 8 nitrogen and oxygen atoms in total. The molecule has 0 unspecified atom stereocenters. The minimum absolute atomic E-state index is 0. The first-order valence-corrected chi connectivity index (χ1v) is 8.38. The number of hydrogen-bond donors (Lipinski definition) is 2. The largest absolute Gasteiger partial charge is 0.480 e. The Balaban J connectivity index is 0.00000261. The first-order chi connectivity index (χ1) is 12.6.